The highest BCUT2D eigenvalue weighted by Gasteiger charge is 2.12. The predicted molar refractivity (Wildman–Crippen MR) is 89.9 cm³/mol. The number of hydrogen-bond acceptors (Lipinski definition) is 3. The Morgan fingerprint density at radius 3 is 2.46 bits per heavy atom. The minimum Gasteiger partial charge on any atom is -0.484 e. The number of ether oxygens (including phenoxy) is 1. The third kappa shape index (κ3) is 4.80. The molecule has 4 nitrogen and oxygen atoms in total. The molecule has 0 aromatic heterocycles. The molecule has 1 N–H and O–H groups in total. The second kappa shape index (κ2) is 7.93. The van der Waals surface area contributed by atoms with E-state index in [1.165, 1.54) is 19.1 Å². The first-order valence-corrected chi connectivity index (χ1v) is 7.72. The standard InChI is InChI=1S/C18H17ClFNO3/c1-11(13-3-5-14(19)6-4-13)21-18(23)10-24-15-7-8-16(12(2)22)17(20)9-15/h3-9,11H,10H2,1-2H3,(H,21,23). The van der Waals surface area contributed by atoms with Crippen LogP contribution in [0.3, 0.4) is 0 Å². The first kappa shape index (κ1) is 17.9. The van der Waals surface area contributed by atoms with Gasteiger partial charge in [0.15, 0.2) is 12.4 Å². The van der Waals surface area contributed by atoms with E-state index in [2.05, 4.69) is 5.32 Å². The van der Waals surface area contributed by atoms with E-state index < -0.39 is 5.82 Å². The monoisotopic (exact) mass is 349 g/mol. The smallest absolute Gasteiger partial charge is 0.258 e. The van der Waals surface area contributed by atoms with Crippen LogP contribution in [0, 0.1) is 5.82 Å². The van der Waals surface area contributed by atoms with Crippen molar-refractivity contribution < 1.29 is 18.7 Å². The predicted octanol–water partition coefficient (Wildman–Crippen LogP) is 3.94. The molecule has 2 rings (SSSR count). The first-order chi connectivity index (χ1) is 11.4. The summed E-state index contributed by atoms with van der Waals surface area (Å²) in [5.74, 6) is -1.19. The van der Waals surface area contributed by atoms with Gasteiger partial charge in [0.1, 0.15) is 11.6 Å². The van der Waals surface area contributed by atoms with Crippen molar-refractivity contribution in [1.29, 1.82) is 0 Å². The molecule has 2 aromatic rings. The summed E-state index contributed by atoms with van der Waals surface area (Å²) in [6, 6.07) is 10.8. The first-order valence-electron chi connectivity index (χ1n) is 7.35. The van der Waals surface area contributed by atoms with Gasteiger partial charge in [-0.15, -0.1) is 0 Å². The average molecular weight is 350 g/mol. The fraction of sp³-hybridized carbons (Fsp3) is 0.222. The maximum Gasteiger partial charge on any atom is 0.258 e. The highest BCUT2D eigenvalue weighted by Crippen LogP contribution is 2.18. The van der Waals surface area contributed by atoms with Crippen LogP contribution in [0.4, 0.5) is 4.39 Å². The summed E-state index contributed by atoms with van der Waals surface area (Å²) in [6.45, 7) is 2.86. The summed E-state index contributed by atoms with van der Waals surface area (Å²) >= 11 is 5.82. The maximum absolute atomic E-state index is 13.7. The van der Waals surface area contributed by atoms with Gasteiger partial charge < -0.3 is 10.1 Å². The average Bonchev–Trinajstić information content (AvgIpc) is 2.53. The molecule has 0 aliphatic carbocycles. The highest BCUT2D eigenvalue weighted by atomic mass is 35.5. The fourth-order valence-corrected chi connectivity index (χ4v) is 2.26. The van der Waals surface area contributed by atoms with Crippen LogP contribution in [-0.2, 0) is 4.79 Å². The van der Waals surface area contributed by atoms with Crippen LogP contribution < -0.4 is 10.1 Å². The van der Waals surface area contributed by atoms with Crippen molar-refractivity contribution in [3.05, 3.63) is 64.4 Å². The fourth-order valence-electron chi connectivity index (χ4n) is 2.14. The molecule has 1 amide bonds. The number of hydrogen-bond donors (Lipinski definition) is 1. The Kier molecular flexibility index (Phi) is 5.93. The Morgan fingerprint density at radius 2 is 1.88 bits per heavy atom. The van der Waals surface area contributed by atoms with Crippen molar-refractivity contribution in [2.24, 2.45) is 0 Å². The van der Waals surface area contributed by atoms with Gasteiger partial charge in [0, 0.05) is 11.1 Å². The summed E-state index contributed by atoms with van der Waals surface area (Å²) in [7, 11) is 0. The minimum atomic E-state index is -0.671. The van der Waals surface area contributed by atoms with E-state index in [4.69, 9.17) is 16.3 Å². The lowest BCUT2D eigenvalue weighted by atomic mass is 10.1. The molecule has 0 saturated heterocycles. The number of nitrogens with one attached hydrogen (secondary N) is 1. The van der Waals surface area contributed by atoms with Crippen molar-refractivity contribution >= 4 is 23.3 Å². The molecule has 0 heterocycles. The van der Waals surface area contributed by atoms with E-state index in [9.17, 15) is 14.0 Å². The summed E-state index contributed by atoms with van der Waals surface area (Å²) in [6.07, 6.45) is 0. The van der Waals surface area contributed by atoms with E-state index in [1.54, 1.807) is 12.1 Å². The van der Waals surface area contributed by atoms with Crippen molar-refractivity contribution in [2.45, 2.75) is 19.9 Å². The number of Topliss-reactive ketones (excluding diaryl/α,β-unsaturated/α-hetero) is 1. The molecule has 24 heavy (non-hydrogen) atoms. The number of carbonyl (C=O) groups is 2. The van der Waals surface area contributed by atoms with Crippen LogP contribution in [0.5, 0.6) is 5.75 Å². The molecule has 0 aliphatic rings. The van der Waals surface area contributed by atoms with E-state index >= 15 is 0 Å². The third-order valence-corrected chi connectivity index (χ3v) is 3.69. The molecule has 1 unspecified atom stereocenters. The lowest BCUT2D eigenvalue weighted by Gasteiger charge is -2.15. The summed E-state index contributed by atoms with van der Waals surface area (Å²) in [5, 5.41) is 3.40. The summed E-state index contributed by atoms with van der Waals surface area (Å²) < 4.78 is 18.9. The second-order valence-corrected chi connectivity index (χ2v) is 5.76. The molecule has 1 atom stereocenters. The lowest BCUT2D eigenvalue weighted by molar-refractivity contribution is -0.123. The highest BCUT2D eigenvalue weighted by molar-refractivity contribution is 6.30. The van der Waals surface area contributed by atoms with Gasteiger partial charge in [0.05, 0.1) is 11.6 Å². The molecule has 6 heteroatoms. The molecule has 126 valence electrons. The van der Waals surface area contributed by atoms with E-state index in [0.29, 0.717) is 5.02 Å². The second-order valence-electron chi connectivity index (χ2n) is 5.33. The molecular formula is C18H17ClFNO3. The molecular weight excluding hydrogens is 333 g/mol. The number of rotatable bonds is 6. The van der Waals surface area contributed by atoms with Crippen LogP contribution in [-0.4, -0.2) is 18.3 Å². The van der Waals surface area contributed by atoms with Gasteiger partial charge in [-0.1, -0.05) is 23.7 Å². The van der Waals surface area contributed by atoms with Crippen LogP contribution in [0.1, 0.15) is 35.8 Å². The quantitative estimate of drug-likeness (QED) is 0.804. The van der Waals surface area contributed by atoms with Gasteiger partial charge in [0.25, 0.3) is 5.91 Å². The van der Waals surface area contributed by atoms with E-state index in [0.717, 1.165) is 11.6 Å². The SMILES string of the molecule is CC(=O)c1ccc(OCC(=O)NC(C)c2ccc(Cl)cc2)cc1F. The lowest BCUT2D eigenvalue weighted by Crippen LogP contribution is -2.31. The summed E-state index contributed by atoms with van der Waals surface area (Å²) in [5.41, 5.74) is 0.896. The Balaban J connectivity index is 1.90. The van der Waals surface area contributed by atoms with Crippen molar-refractivity contribution in [3.8, 4) is 5.75 Å². The van der Waals surface area contributed by atoms with Gasteiger partial charge in [-0.3, -0.25) is 9.59 Å². The van der Waals surface area contributed by atoms with Crippen LogP contribution in [0.2, 0.25) is 5.02 Å². The molecule has 0 aliphatic heterocycles. The Bertz CT molecular complexity index is 746. The largest absolute Gasteiger partial charge is 0.484 e. The van der Waals surface area contributed by atoms with Gasteiger partial charge in [-0.25, -0.2) is 4.39 Å². The molecule has 0 spiro atoms. The molecule has 2 aromatic carbocycles. The zero-order chi connectivity index (χ0) is 17.7. The van der Waals surface area contributed by atoms with Crippen molar-refractivity contribution in [3.63, 3.8) is 0 Å². The van der Waals surface area contributed by atoms with Crippen LogP contribution in [0.25, 0.3) is 0 Å². The number of benzene rings is 2. The number of ketones is 1. The van der Waals surface area contributed by atoms with Crippen LogP contribution in [0.15, 0.2) is 42.5 Å². The number of carbonyl (C=O) groups excluding carboxylic acids is 2. The topological polar surface area (TPSA) is 55.4 Å². The third-order valence-electron chi connectivity index (χ3n) is 3.44. The van der Waals surface area contributed by atoms with Gasteiger partial charge in [-0.05, 0) is 43.7 Å². The van der Waals surface area contributed by atoms with Crippen LogP contribution >= 0.6 is 11.6 Å². The molecule has 0 radical (unpaired) electrons. The normalized spacial score (nSPS) is 11.7. The van der Waals surface area contributed by atoms with Gasteiger partial charge in [0.2, 0.25) is 0 Å². The van der Waals surface area contributed by atoms with E-state index in [1.807, 2.05) is 19.1 Å². The zero-order valence-corrected chi connectivity index (χ0v) is 14.1. The summed E-state index contributed by atoms with van der Waals surface area (Å²) in [4.78, 5) is 23.1. The Morgan fingerprint density at radius 1 is 1.21 bits per heavy atom. The molecule has 0 saturated carbocycles. The van der Waals surface area contributed by atoms with Crippen molar-refractivity contribution in [2.75, 3.05) is 6.61 Å². The maximum atomic E-state index is 13.7. The van der Waals surface area contributed by atoms with Gasteiger partial charge >= 0.3 is 0 Å². The molecule has 0 fully saturated rings. The van der Waals surface area contributed by atoms with E-state index in [-0.39, 0.29) is 35.7 Å². The minimum absolute atomic E-state index is 0.0110. The Hall–Kier alpha value is -2.40. The number of halogens is 2. The number of amides is 1. The van der Waals surface area contributed by atoms with Crippen molar-refractivity contribution in [1.82, 2.24) is 5.32 Å². The zero-order valence-electron chi connectivity index (χ0n) is 13.3. The molecule has 0 bridgehead atoms. The van der Waals surface area contributed by atoms with Gasteiger partial charge in [-0.2, -0.15) is 0 Å². The Labute approximate surface area is 144 Å².